The predicted octanol–water partition coefficient (Wildman–Crippen LogP) is 4.45. The third-order valence-corrected chi connectivity index (χ3v) is 11.1. The van der Waals surface area contributed by atoms with E-state index < -0.39 is 98.2 Å². The molecule has 3 aliphatic rings. The number of amides is 4. The second-order valence-corrected chi connectivity index (χ2v) is 15.0. The minimum Gasteiger partial charge on any atom is -0.453 e. The maximum Gasteiger partial charge on any atom is 0.407 e. The highest BCUT2D eigenvalue weighted by molar-refractivity contribution is 5.96. The molecule has 4 amide bonds. The standard InChI is InChI=1S/C40H48F4N8O8/c1-21(57-3)31(49-37(55)59-5)35(53)51-19-39(41,42)15-29(51)33-45-17-27(47-33)25-11-7-23(8-12-25)24-9-13-26(14-10-24)28-18-46-34(48-28)30-16-40(43,44)20-52(30)36(54)32(22(2)58-4)50-38(56)60-6/h7-14,17,21-22,28-32H,15-16,18-20H2,1-6H3,(H,45,47)(H,46,48)(H,49,55)(H,50,56)/t21-,22-,28?,29+,30+,31+,32+/m1/s1. The van der Waals surface area contributed by atoms with Gasteiger partial charge in [0.05, 0.1) is 76.1 Å². The van der Waals surface area contributed by atoms with Gasteiger partial charge >= 0.3 is 12.2 Å². The van der Waals surface area contributed by atoms with Crippen molar-refractivity contribution in [1.82, 2.24) is 35.7 Å². The third kappa shape index (κ3) is 9.49. The molecule has 0 spiro atoms. The first kappa shape index (κ1) is 43.8. The molecular weight excluding hydrogens is 796 g/mol. The van der Waals surface area contributed by atoms with Crippen molar-refractivity contribution in [3.05, 3.63) is 66.1 Å². The van der Waals surface area contributed by atoms with Crippen LogP contribution >= 0.6 is 0 Å². The van der Waals surface area contributed by atoms with Crippen LogP contribution in [-0.4, -0.2) is 140 Å². The Morgan fingerprint density at radius 3 is 1.70 bits per heavy atom. The lowest BCUT2D eigenvalue weighted by Crippen LogP contribution is -2.57. The number of hydrogen-bond acceptors (Lipinski definition) is 11. The molecule has 2 aromatic carbocycles. The number of carbonyl (C=O) groups is 4. The molecule has 3 aliphatic heterocycles. The maximum absolute atomic E-state index is 14.8. The number of aromatic amines is 1. The summed E-state index contributed by atoms with van der Waals surface area (Å²) in [6, 6.07) is 9.99. The van der Waals surface area contributed by atoms with E-state index in [4.69, 9.17) is 9.47 Å². The van der Waals surface area contributed by atoms with Gasteiger partial charge in [0, 0.05) is 27.1 Å². The smallest absolute Gasteiger partial charge is 0.407 e. The molecule has 6 rings (SSSR count). The number of alkyl carbamates (subject to hydrolysis) is 2. The number of likely N-dealkylation sites (tertiary alicyclic amines) is 2. The highest BCUT2D eigenvalue weighted by Crippen LogP contribution is 2.41. The molecule has 2 fully saturated rings. The Hall–Kier alpha value is -5.76. The number of aromatic nitrogens is 2. The second-order valence-electron chi connectivity index (χ2n) is 15.0. The Morgan fingerprint density at radius 2 is 1.20 bits per heavy atom. The first-order chi connectivity index (χ1) is 28.5. The molecular formula is C40H48F4N8O8. The number of ether oxygens (including phenoxy) is 4. The minimum absolute atomic E-state index is 0.158. The average molecular weight is 845 g/mol. The molecule has 0 saturated carbocycles. The highest BCUT2D eigenvalue weighted by atomic mass is 19.3. The molecule has 0 aliphatic carbocycles. The number of carbonyl (C=O) groups excluding carboxylic acids is 4. The Bertz CT molecular complexity index is 2070. The fourth-order valence-electron chi connectivity index (χ4n) is 7.60. The molecule has 16 nitrogen and oxygen atoms in total. The van der Waals surface area contributed by atoms with Crippen molar-refractivity contribution in [3.8, 4) is 22.4 Å². The van der Waals surface area contributed by atoms with Gasteiger partial charge in [-0.3, -0.25) is 14.6 Å². The molecule has 3 aromatic rings. The van der Waals surface area contributed by atoms with Crippen LogP contribution in [0, 0.1) is 0 Å². The molecule has 20 heteroatoms. The van der Waals surface area contributed by atoms with Crippen LogP contribution < -0.4 is 16.0 Å². The van der Waals surface area contributed by atoms with Crippen LogP contribution in [0.3, 0.4) is 0 Å². The van der Waals surface area contributed by atoms with E-state index in [9.17, 15) is 36.7 Å². The number of alkyl halides is 4. The highest BCUT2D eigenvalue weighted by Gasteiger charge is 2.52. The number of aliphatic imine (C=N–C) groups is 1. The number of rotatable bonds is 13. The summed E-state index contributed by atoms with van der Waals surface area (Å²) in [6.45, 7) is 1.60. The van der Waals surface area contributed by atoms with Crippen molar-refractivity contribution in [1.29, 1.82) is 0 Å². The van der Waals surface area contributed by atoms with E-state index in [1.54, 1.807) is 0 Å². The number of amidine groups is 1. The third-order valence-electron chi connectivity index (χ3n) is 11.1. The lowest BCUT2D eigenvalue weighted by molar-refractivity contribution is -0.139. The lowest BCUT2D eigenvalue weighted by Gasteiger charge is -2.31. The Balaban J connectivity index is 1.11. The summed E-state index contributed by atoms with van der Waals surface area (Å²) >= 11 is 0. The molecule has 2 saturated heterocycles. The normalized spacial score (nSPS) is 22.6. The van der Waals surface area contributed by atoms with Gasteiger partial charge in [-0.05, 0) is 36.1 Å². The van der Waals surface area contributed by atoms with Crippen molar-refractivity contribution in [2.24, 2.45) is 4.99 Å². The number of hydrogen-bond donors (Lipinski definition) is 4. The topological polar surface area (TPSA) is 189 Å². The van der Waals surface area contributed by atoms with Gasteiger partial charge in [-0.25, -0.2) is 32.1 Å². The number of nitrogens with zero attached hydrogens (tertiary/aromatic N) is 4. The molecule has 4 heterocycles. The monoisotopic (exact) mass is 844 g/mol. The fraction of sp³-hybridized carbons (Fsp3) is 0.500. The summed E-state index contributed by atoms with van der Waals surface area (Å²) in [6.07, 6.45) is -3.29. The number of imidazole rings is 1. The summed E-state index contributed by atoms with van der Waals surface area (Å²) < 4.78 is 79.0. The van der Waals surface area contributed by atoms with Crippen LogP contribution in [0.25, 0.3) is 22.4 Å². The van der Waals surface area contributed by atoms with E-state index in [-0.39, 0.29) is 24.2 Å². The number of nitrogens with one attached hydrogen (secondary N) is 4. The van der Waals surface area contributed by atoms with Crippen molar-refractivity contribution in [3.63, 3.8) is 0 Å². The molecule has 7 atom stereocenters. The van der Waals surface area contributed by atoms with Gasteiger partial charge in [-0.1, -0.05) is 48.5 Å². The SMILES string of the molecule is COC(=O)N[C@H](C(=O)N1CC(F)(F)C[C@H]1C1=NCC(c2ccc(-c3ccc(-c4cnc([C@@H]5CC(F)(F)CN5C(=O)[C@@H](NC(=O)OC)[C@@H](C)OC)[nH]4)cc3)cc2)N1)[C@@H](C)OC. The molecule has 0 bridgehead atoms. The summed E-state index contributed by atoms with van der Waals surface area (Å²) in [4.78, 5) is 65.1. The van der Waals surface area contributed by atoms with Gasteiger partial charge in [0.25, 0.3) is 11.8 Å². The van der Waals surface area contributed by atoms with Crippen LogP contribution in [0.15, 0.2) is 59.7 Å². The quantitative estimate of drug-likeness (QED) is 0.179. The zero-order valence-electron chi connectivity index (χ0n) is 33.8. The molecule has 1 unspecified atom stereocenters. The van der Waals surface area contributed by atoms with Gasteiger partial charge in [0.2, 0.25) is 11.8 Å². The zero-order valence-corrected chi connectivity index (χ0v) is 33.8. The summed E-state index contributed by atoms with van der Waals surface area (Å²) in [5.74, 6) is -7.49. The lowest BCUT2D eigenvalue weighted by atomic mass is 9.99. The van der Waals surface area contributed by atoms with Gasteiger partial charge in [0.1, 0.15) is 23.7 Å². The van der Waals surface area contributed by atoms with Crippen molar-refractivity contribution in [2.45, 2.75) is 81.0 Å². The summed E-state index contributed by atoms with van der Waals surface area (Å²) in [5.41, 5.74) is 3.84. The van der Waals surface area contributed by atoms with Crippen molar-refractivity contribution in [2.75, 3.05) is 48.1 Å². The molecule has 324 valence electrons. The molecule has 4 N–H and O–H groups in total. The van der Waals surface area contributed by atoms with Crippen LogP contribution in [0.4, 0.5) is 27.2 Å². The number of H-pyrrole nitrogens is 1. The van der Waals surface area contributed by atoms with E-state index in [0.29, 0.717) is 11.3 Å². The molecule has 0 radical (unpaired) electrons. The van der Waals surface area contributed by atoms with E-state index in [1.165, 1.54) is 34.3 Å². The maximum atomic E-state index is 14.8. The van der Waals surface area contributed by atoms with Crippen LogP contribution in [0.5, 0.6) is 0 Å². The minimum atomic E-state index is -3.20. The van der Waals surface area contributed by atoms with E-state index in [1.807, 2.05) is 48.5 Å². The van der Waals surface area contributed by atoms with Gasteiger partial charge in [-0.2, -0.15) is 0 Å². The zero-order chi connectivity index (χ0) is 43.5. The van der Waals surface area contributed by atoms with Gasteiger partial charge in [-0.15, -0.1) is 0 Å². The number of halogens is 4. The fourth-order valence-corrected chi connectivity index (χ4v) is 7.60. The number of benzene rings is 2. The van der Waals surface area contributed by atoms with Gasteiger partial charge < -0.3 is 49.7 Å². The Labute approximate surface area is 343 Å². The Kier molecular flexibility index (Phi) is 13.0. The average Bonchev–Trinajstić information content (AvgIpc) is 4.06. The largest absolute Gasteiger partial charge is 0.453 e. The Morgan fingerprint density at radius 1 is 0.733 bits per heavy atom. The van der Waals surface area contributed by atoms with E-state index >= 15 is 0 Å². The van der Waals surface area contributed by atoms with E-state index in [0.717, 1.165) is 40.7 Å². The summed E-state index contributed by atoms with van der Waals surface area (Å²) in [7, 11) is 4.93. The molecule has 1 aromatic heterocycles. The van der Waals surface area contributed by atoms with Crippen LogP contribution in [-0.2, 0) is 28.5 Å². The van der Waals surface area contributed by atoms with Crippen LogP contribution in [0.2, 0.25) is 0 Å². The van der Waals surface area contributed by atoms with Crippen molar-refractivity contribution < 1.29 is 55.7 Å². The molecule has 60 heavy (non-hydrogen) atoms. The van der Waals surface area contributed by atoms with Gasteiger partial charge in [0.15, 0.2) is 0 Å². The van der Waals surface area contributed by atoms with E-state index in [2.05, 4.69) is 40.4 Å². The first-order valence-electron chi connectivity index (χ1n) is 19.2. The summed E-state index contributed by atoms with van der Waals surface area (Å²) in [5, 5.41) is 8.00. The second kappa shape index (κ2) is 17.8. The number of methoxy groups -OCH3 is 4. The first-order valence-corrected chi connectivity index (χ1v) is 19.2. The van der Waals surface area contributed by atoms with Crippen LogP contribution in [0.1, 0.15) is 50.2 Å². The predicted molar refractivity (Wildman–Crippen MR) is 208 cm³/mol. The van der Waals surface area contributed by atoms with Crippen molar-refractivity contribution >= 4 is 29.8 Å².